The first-order valence-corrected chi connectivity index (χ1v) is 10.3. The summed E-state index contributed by atoms with van der Waals surface area (Å²) in [7, 11) is 1.78. The van der Waals surface area contributed by atoms with Crippen molar-refractivity contribution in [2.75, 3.05) is 38.3 Å². The topological polar surface area (TPSA) is 76.1 Å². The number of piperidine rings is 1. The van der Waals surface area contributed by atoms with Crippen LogP contribution in [0.25, 0.3) is 22.3 Å². The lowest BCUT2D eigenvalue weighted by molar-refractivity contribution is 0.163. The number of aromatic nitrogens is 4. The molecule has 29 heavy (non-hydrogen) atoms. The Morgan fingerprint density at radius 2 is 1.90 bits per heavy atom. The third kappa shape index (κ3) is 3.56. The number of nitrogens with one attached hydrogen (secondary N) is 1. The van der Waals surface area contributed by atoms with Gasteiger partial charge in [-0.25, -0.2) is 9.97 Å². The molecule has 7 heteroatoms. The summed E-state index contributed by atoms with van der Waals surface area (Å²) in [5.41, 5.74) is 2.24. The summed E-state index contributed by atoms with van der Waals surface area (Å²) < 4.78 is 5.35. The highest BCUT2D eigenvalue weighted by Crippen LogP contribution is 2.41. The van der Waals surface area contributed by atoms with Crippen molar-refractivity contribution < 1.29 is 4.74 Å². The largest absolute Gasteiger partial charge is 0.383 e. The number of anilines is 1. The van der Waals surface area contributed by atoms with Crippen molar-refractivity contribution in [2.45, 2.75) is 25.3 Å². The van der Waals surface area contributed by atoms with Crippen LogP contribution in [0.4, 0.5) is 5.82 Å². The van der Waals surface area contributed by atoms with E-state index in [0.29, 0.717) is 11.5 Å². The summed E-state index contributed by atoms with van der Waals surface area (Å²) in [4.78, 5) is 20.5. The highest BCUT2D eigenvalue weighted by Gasteiger charge is 2.41. The van der Waals surface area contributed by atoms with Crippen LogP contribution in [0.15, 0.2) is 43.0 Å². The molecule has 1 N–H and O–H groups in total. The van der Waals surface area contributed by atoms with E-state index in [2.05, 4.69) is 20.2 Å². The highest BCUT2D eigenvalue weighted by atomic mass is 16.5. The second-order valence-corrected chi connectivity index (χ2v) is 8.22. The smallest absolute Gasteiger partial charge is 0.162 e. The molecule has 3 aromatic heterocycles. The molecule has 2 aliphatic rings. The predicted octanol–water partition coefficient (Wildman–Crippen LogP) is 2.68. The van der Waals surface area contributed by atoms with E-state index in [4.69, 9.17) is 14.7 Å². The molecular formula is C22H26N6O. The molecule has 3 aromatic rings. The van der Waals surface area contributed by atoms with Crippen LogP contribution >= 0.6 is 0 Å². The van der Waals surface area contributed by atoms with E-state index in [1.165, 1.54) is 19.3 Å². The number of pyridine rings is 2. The van der Waals surface area contributed by atoms with Gasteiger partial charge in [-0.1, -0.05) is 0 Å². The summed E-state index contributed by atoms with van der Waals surface area (Å²) in [6, 6.07) is 6.41. The molecule has 1 atom stereocenters. The van der Waals surface area contributed by atoms with Gasteiger partial charge in [0.05, 0.1) is 18.3 Å². The van der Waals surface area contributed by atoms with E-state index in [1.807, 2.05) is 30.6 Å². The molecule has 1 unspecified atom stereocenters. The van der Waals surface area contributed by atoms with Crippen molar-refractivity contribution in [3.05, 3.63) is 43.0 Å². The Balaban J connectivity index is 1.43. The zero-order valence-corrected chi connectivity index (χ0v) is 16.7. The molecule has 0 bridgehead atoms. The predicted molar refractivity (Wildman–Crippen MR) is 113 cm³/mol. The van der Waals surface area contributed by atoms with Crippen LogP contribution in [0.3, 0.4) is 0 Å². The Bertz CT molecular complexity index is 987. The molecule has 0 saturated carbocycles. The van der Waals surface area contributed by atoms with Crippen LogP contribution < -0.4 is 10.2 Å². The van der Waals surface area contributed by atoms with Crippen molar-refractivity contribution in [1.29, 1.82) is 0 Å². The maximum absolute atomic E-state index is 5.35. The zero-order chi connectivity index (χ0) is 19.7. The number of fused-ring (bicyclic) bond motifs is 1. The lowest BCUT2D eigenvalue weighted by atomic mass is 9.76. The molecule has 0 amide bonds. The molecule has 1 spiro atoms. The second kappa shape index (κ2) is 7.65. The van der Waals surface area contributed by atoms with Crippen molar-refractivity contribution in [1.82, 2.24) is 25.3 Å². The van der Waals surface area contributed by atoms with Crippen LogP contribution in [-0.2, 0) is 4.74 Å². The van der Waals surface area contributed by atoms with E-state index in [0.717, 1.165) is 54.3 Å². The normalized spacial score (nSPS) is 21.1. The third-order valence-electron chi connectivity index (χ3n) is 6.35. The number of ether oxygens (including phenoxy) is 1. The fraction of sp³-hybridized carbons (Fsp3) is 0.455. The minimum atomic E-state index is 0.387. The van der Waals surface area contributed by atoms with Gasteiger partial charge in [0.15, 0.2) is 5.82 Å². The molecule has 150 valence electrons. The van der Waals surface area contributed by atoms with Crippen molar-refractivity contribution in [3.63, 3.8) is 0 Å². The van der Waals surface area contributed by atoms with Crippen molar-refractivity contribution in [3.8, 4) is 11.4 Å². The minimum Gasteiger partial charge on any atom is -0.383 e. The summed E-state index contributed by atoms with van der Waals surface area (Å²) >= 11 is 0. The summed E-state index contributed by atoms with van der Waals surface area (Å²) in [6.45, 7) is 3.90. The molecule has 5 rings (SSSR count). The third-order valence-corrected chi connectivity index (χ3v) is 6.35. The molecule has 0 aromatic carbocycles. The van der Waals surface area contributed by atoms with Gasteiger partial charge in [0.25, 0.3) is 0 Å². The molecule has 0 radical (unpaired) electrons. The molecule has 0 aliphatic carbocycles. The van der Waals surface area contributed by atoms with E-state index >= 15 is 0 Å². The van der Waals surface area contributed by atoms with Gasteiger partial charge in [0.1, 0.15) is 5.82 Å². The Labute approximate surface area is 170 Å². The van der Waals surface area contributed by atoms with Gasteiger partial charge in [0, 0.05) is 62.3 Å². The van der Waals surface area contributed by atoms with E-state index in [1.54, 1.807) is 19.5 Å². The number of nitrogens with zero attached hydrogens (tertiary/aromatic N) is 5. The van der Waals surface area contributed by atoms with Crippen LogP contribution in [0.1, 0.15) is 19.3 Å². The number of hydrogen-bond acceptors (Lipinski definition) is 7. The summed E-state index contributed by atoms with van der Waals surface area (Å²) in [5.74, 6) is 1.74. The standard InChI is InChI=1S/C22H26N6O/c1-29-14-17-12-22(15-25-17)5-10-28(11-6-22)21-18-4-9-24-13-19(18)26-20(27-21)16-2-7-23-8-3-16/h2-4,7-9,13,17,25H,5-6,10-12,14-15H2,1H3. The fourth-order valence-corrected chi connectivity index (χ4v) is 4.76. The quantitative estimate of drug-likeness (QED) is 0.734. The Kier molecular flexibility index (Phi) is 4.85. The average Bonchev–Trinajstić information content (AvgIpc) is 3.16. The Hall–Kier alpha value is -2.64. The van der Waals surface area contributed by atoms with Gasteiger partial charge in [-0.05, 0) is 42.9 Å². The summed E-state index contributed by atoms with van der Waals surface area (Å²) in [5, 5.41) is 4.71. The van der Waals surface area contributed by atoms with Gasteiger partial charge in [-0.15, -0.1) is 0 Å². The van der Waals surface area contributed by atoms with Gasteiger partial charge >= 0.3 is 0 Å². The second-order valence-electron chi connectivity index (χ2n) is 8.22. The first kappa shape index (κ1) is 18.4. The average molecular weight is 390 g/mol. The van der Waals surface area contributed by atoms with Crippen molar-refractivity contribution >= 4 is 16.7 Å². The monoisotopic (exact) mass is 390 g/mol. The van der Waals surface area contributed by atoms with Crippen LogP contribution in [-0.4, -0.2) is 59.3 Å². The maximum Gasteiger partial charge on any atom is 0.162 e. The van der Waals surface area contributed by atoms with Gasteiger partial charge < -0.3 is 15.0 Å². The van der Waals surface area contributed by atoms with E-state index in [-0.39, 0.29) is 0 Å². The number of methoxy groups -OCH3 is 1. The molecule has 5 heterocycles. The van der Waals surface area contributed by atoms with Gasteiger partial charge in [-0.2, -0.15) is 0 Å². The first-order valence-electron chi connectivity index (χ1n) is 10.3. The number of hydrogen-bond donors (Lipinski definition) is 1. The summed E-state index contributed by atoms with van der Waals surface area (Å²) in [6.07, 6.45) is 10.7. The molecule has 7 nitrogen and oxygen atoms in total. The van der Waals surface area contributed by atoms with Crippen LogP contribution in [0.2, 0.25) is 0 Å². The van der Waals surface area contributed by atoms with Gasteiger partial charge in [0.2, 0.25) is 0 Å². The zero-order valence-electron chi connectivity index (χ0n) is 16.7. The fourth-order valence-electron chi connectivity index (χ4n) is 4.76. The van der Waals surface area contributed by atoms with E-state index in [9.17, 15) is 0 Å². The van der Waals surface area contributed by atoms with Crippen molar-refractivity contribution in [2.24, 2.45) is 5.41 Å². The Morgan fingerprint density at radius 1 is 1.10 bits per heavy atom. The molecule has 2 aliphatic heterocycles. The minimum absolute atomic E-state index is 0.387. The molecule has 2 saturated heterocycles. The maximum atomic E-state index is 5.35. The van der Waals surface area contributed by atoms with Crippen LogP contribution in [0.5, 0.6) is 0 Å². The Morgan fingerprint density at radius 3 is 2.69 bits per heavy atom. The first-order chi connectivity index (χ1) is 14.3. The lowest BCUT2D eigenvalue weighted by Gasteiger charge is -2.40. The lowest BCUT2D eigenvalue weighted by Crippen LogP contribution is -2.41. The van der Waals surface area contributed by atoms with Gasteiger partial charge in [-0.3, -0.25) is 9.97 Å². The highest BCUT2D eigenvalue weighted by molar-refractivity contribution is 5.90. The molecule has 2 fully saturated rings. The van der Waals surface area contributed by atoms with E-state index < -0.39 is 0 Å². The SMILES string of the molecule is COCC1CC2(CCN(c3nc(-c4ccncc4)nc4cnccc34)CC2)CN1. The van der Waals surface area contributed by atoms with Crippen LogP contribution in [0, 0.1) is 5.41 Å². The number of rotatable bonds is 4. The molecular weight excluding hydrogens is 364 g/mol.